The van der Waals surface area contributed by atoms with Gasteiger partial charge in [-0.2, -0.15) is 0 Å². The summed E-state index contributed by atoms with van der Waals surface area (Å²) in [5, 5.41) is 15.0. The Labute approximate surface area is 147 Å². The molecule has 0 radical (unpaired) electrons. The molecule has 0 aliphatic carbocycles. The van der Waals surface area contributed by atoms with Crippen LogP contribution in [0.4, 0.5) is 0 Å². The van der Waals surface area contributed by atoms with E-state index in [2.05, 4.69) is 40.5 Å². The molecular formula is C20H15N3OS. The van der Waals surface area contributed by atoms with E-state index < -0.39 is 0 Å². The van der Waals surface area contributed by atoms with Gasteiger partial charge >= 0.3 is 0 Å². The van der Waals surface area contributed by atoms with E-state index in [1.54, 1.807) is 23.5 Å². The average molecular weight is 345 g/mol. The third-order valence-corrected chi connectivity index (χ3v) is 5.43. The molecule has 4 nitrogen and oxygen atoms in total. The van der Waals surface area contributed by atoms with Gasteiger partial charge in [0.05, 0.1) is 5.69 Å². The fourth-order valence-electron chi connectivity index (χ4n) is 3.41. The summed E-state index contributed by atoms with van der Waals surface area (Å²) in [5.74, 6) is 0.259. The number of hydrogen-bond acceptors (Lipinski definition) is 3. The van der Waals surface area contributed by atoms with E-state index in [4.69, 9.17) is 4.98 Å². The molecule has 3 N–H and O–H groups in total. The number of fused-ring (bicyclic) bond motifs is 2. The zero-order chi connectivity index (χ0) is 17.0. The minimum Gasteiger partial charge on any atom is -0.508 e. The smallest absolute Gasteiger partial charge is 0.126 e. The van der Waals surface area contributed by atoms with Crippen LogP contribution in [0.25, 0.3) is 43.6 Å². The molecule has 3 aromatic heterocycles. The molecule has 0 bridgehead atoms. The molecule has 0 saturated carbocycles. The number of benzene rings is 2. The maximum absolute atomic E-state index is 9.63. The van der Waals surface area contributed by atoms with Crippen molar-refractivity contribution in [1.29, 1.82) is 0 Å². The van der Waals surface area contributed by atoms with Gasteiger partial charge in [-0.1, -0.05) is 18.2 Å². The van der Waals surface area contributed by atoms with Gasteiger partial charge in [-0.15, -0.1) is 11.3 Å². The van der Waals surface area contributed by atoms with E-state index in [1.807, 2.05) is 18.3 Å². The zero-order valence-corrected chi connectivity index (χ0v) is 14.3. The van der Waals surface area contributed by atoms with Crippen LogP contribution >= 0.6 is 11.3 Å². The fourth-order valence-corrected chi connectivity index (χ4v) is 4.25. The monoisotopic (exact) mass is 345 g/mol. The summed E-state index contributed by atoms with van der Waals surface area (Å²) >= 11 is 1.63. The Morgan fingerprint density at radius 1 is 1.04 bits per heavy atom. The van der Waals surface area contributed by atoms with Crippen molar-refractivity contribution in [2.45, 2.75) is 6.92 Å². The van der Waals surface area contributed by atoms with Gasteiger partial charge in [0.1, 0.15) is 10.8 Å². The Morgan fingerprint density at radius 2 is 1.92 bits per heavy atom. The third-order valence-electron chi connectivity index (χ3n) is 4.55. The minimum atomic E-state index is 0.259. The number of nitrogens with one attached hydrogen (secondary N) is 2. The highest BCUT2D eigenvalue weighted by molar-refractivity contribution is 7.13. The van der Waals surface area contributed by atoms with E-state index in [0.29, 0.717) is 0 Å². The van der Waals surface area contributed by atoms with Crippen LogP contribution in [0.5, 0.6) is 5.75 Å². The molecule has 0 saturated heterocycles. The first kappa shape index (κ1) is 14.3. The zero-order valence-electron chi connectivity index (χ0n) is 13.5. The van der Waals surface area contributed by atoms with Gasteiger partial charge < -0.3 is 15.1 Å². The number of hydrogen-bond donors (Lipinski definition) is 3. The first-order valence-corrected chi connectivity index (χ1v) is 8.92. The van der Waals surface area contributed by atoms with Gasteiger partial charge in [0.25, 0.3) is 0 Å². The summed E-state index contributed by atoms with van der Waals surface area (Å²) < 4.78 is 0. The van der Waals surface area contributed by atoms with Crippen molar-refractivity contribution in [3.8, 4) is 27.6 Å². The van der Waals surface area contributed by atoms with Crippen molar-refractivity contribution in [3.05, 3.63) is 59.7 Å². The van der Waals surface area contributed by atoms with Crippen molar-refractivity contribution in [1.82, 2.24) is 15.0 Å². The Hall–Kier alpha value is -3.05. The number of aromatic nitrogens is 3. The van der Waals surface area contributed by atoms with Crippen LogP contribution in [0.3, 0.4) is 0 Å². The quantitative estimate of drug-likeness (QED) is 0.398. The van der Waals surface area contributed by atoms with Gasteiger partial charge in [-0.3, -0.25) is 0 Å². The molecule has 0 aliphatic heterocycles. The predicted octanol–water partition coefficient (Wildman–Crippen LogP) is 5.45. The highest BCUT2D eigenvalue weighted by Crippen LogP contribution is 2.37. The molecule has 122 valence electrons. The van der Waals surface area contributed by atoms with Gasteiger partial charge in [0.2, 0.25) is 0 Å². The Morgan fingerprint density at radius 3 is 2.84 bits per heavy atom. The number of aromatic amines is 2. The number of aromatic hydroxyl groups is 1. The molecule has 5 heteroatoms. The normalized spacial score (nSPS) is 11.6. The molecule has 0 amide bonds. The van der Waals surface area contributed by atoms with Crippen LogP contribution in [0, 0.1) is 6.92 Å². The summed E-state index contributed by atoms with van der Waals surface area (Å²) in [6, 6.07) is 13.7. The second-order valence-corrected chi connectivity index (χ2v) is 7.00. The number of H-pyrrole nitrogens is 2. The van der Waals surface area contributed by atoms with Crippen molar-refractivity contribution in [3.63, 3.8) is 0 Å². The molecule has 3 heterocycles. The van der Waals surface area contributed by atoms with Crippen molar-refractivity contribution in [2.75, 3.05) is 0 Å². The number of phenolic OH excluding ortho intramolecular Hbond substituents is 1. The minimum absolute atomic E-state index is 0.259. The lowest BCUT2D eigenvalue weighted by molar-refractivity contribution is 0.476. The Bertz CT molecular complexity index is 1230. The van der Waals surface area contributed by atoms with Crippen LogP contribution in [0.2, 0.25) is 0 Å². The summed E-state index contributed by atoms with van der Waals surface area (Å²) in [6.07, 6.45) is 1.95. The molecule has 5 rings (SSSR count). The van der Waals surface area contributed by atoms with E-state index in [-0.39, 0.29) is 5.75 Å². The molecule has 5 aromatic rings. The molecule has 0 spiro atoms. The van der Waals surface area contributed by atoms with Gasteiger partial charge in [-0.25, -0.2) is 4.98 Å². The molecule has 25 heavy (non-hydrogen) atoms. The van der Waals surface area contributed by atoms with Crippen LogP contribution in [-0.2, 0) is 0 Å². The van der Waals surface area contributed by atoms with Crippen molar-refractivity contribution >= 4 is 33.1 Å². The lowest BCUT2D eigenvalue weighted by Gasteiger charge is -1.97. The second-order valence-electron chi connectivity index (χ2n) is 6.14. The van der Waals surface area contributed by atoms with Crippen LogP contribution in [-0.4, -0.2) is 20.1 Å². The van der Waals surface area contributed by atoms with E-state index in [9.17, 15) is 5.11 Å². The molecule has 0 atom stereocenters. The van der Waals surface area contributed by atoms with Crippen LogP contribution in [0.1, 0.15) is 5.69 Å². The topological polar surface area (TPSA) is 64.7 Å². The first-order valence-electron chi connectivity index (χ1n) is 8.04. The Kier molecular flexibility index (Phi) is 2.99. The first-order chi connectivity index (χ1) is 12.2. The Balaban J connectivity index is 1.67. The van der Waals surface area contributed by atoms with Gasteiger partial charge in [0.15, 0.2) is 0 Å². The van der Waals surface area contributed by atoms with Gasteiger partial charge in [0, 0.05) is 56.3 Å². The van der Waals surface area contributed by atoms with Crippen molar-refractivity contribution in [2.24, 2.45) is 0 Å². The summed E-state index contributed by atoms with van der Waals surface area (Å²) in [5.41, 5.74) is 6.38. The molecular weight excluding hydrogens is 330 g/mol. The second kappa shape index (κ2) is 5.22. The van der Waals surface area contributed by atoms with Crippen LogP contribution in [0.15, 0.2) is 54.0 Å². The summed E-state index contributed by atoms with van der Waals surface area (Å²) in [4.78, 5) is 11.5. The molecule has 0 aliphatic rings. The molecule has 0 unspecified atom stereocenters. The third kappa shape index (κ3) is 2.16. The van der Waals surface area contributed by atoms with E-state index in [0.717, 1.165) is 43.9 Å². The maximum atomic E-state index is 9.63. The highest BCUT2D eigenvalue weighted by atomic mass is 32.1. The predicted molar refractivity (Wildman–Crippen MR) is 103 cm³/mol. The summed E-state index contributed by atoms with van der Waals surface area (Å²) in [7, 11) is 0. The maximum Gasteiger partial charge on any atom is 0.126 e. The number of aryl methyl sites for hydroxylation is 1. The highest BCUT2D eigenvalue weighted by Gasteiger charge is 2.16. The lowest BCUT2D eigenvalue weighted by atomic mass is 10.1. The number of thiazole rings is 1. The lowest BCUT2D eigenvalue weighted by Crippen LogP contribution is -1.81. The van der Waals surface area contributed by atoms with E-state index >= 15 is 0 Å². The average Bonchev–Trinajstić information content (AvgIpc) is 3.29. The molecule has 0 fully saturated rings. The fraction of sp³-hybridized carbons (Fsp3) is 0.0500. The van der Waals surface area contributed by atoms with E-state index in [1.165, 1.54) is 5.39 Å². The summed E-state index contributed by atoms with van der Waals surface area (Å²) in [6.45, 7) is 2.09. The van der Waals surface area contributed by atoms with Crippen LogP contribution < -0.4 is 0 Å². The standard InChI is InChI=1S/C20H15N3OS/c1-11-19(14-4-2-3-5-16(14)22-11)18-10-25-20(23-18)15-9-21-17-8-12(24)6-7-13(15)17/h2-10,21-22,24H,1H3. The number of phenols is 1. The molecule has 2 aromatic carbocycles. The van der Waals surface area contributed by atoms with Gasteiger partial charge in [-0.05, 0) is 25.1 Å². The van der Waals surface area contributed by atoms with Crippen molar-refractivity contribution < 1.29 is 5.11 Å². The number of nitrogens with zero attached hydrogens (tertiary/aromatic N) is 1. The number of rotatable bonds is 2. The number of para-hydroxylation sites is 1. The SMILES string of the molecule is Cc1[nH]c2ccccc2c1-c1csc(-c2c[nH]c3cc(O)ccc23)n1. The largest absolute Gasteiger partial charge is 0.508 e.